The summed E-state index contributed by atoms with van der Waals surface area (Å²) in [6, 6.07) is 22.6. The van der Waals surface area contributed by atoms with Crippen LogP contribution in [0.15, 0.2) is 83.4 Å². The molecule has 29 heavy (non-hydrogen) atoms. The topological polar surface area (TPSA) is 68.0 Å². The first-order valence-corrected chi connectivity index (χ1v) is 9.56. The second-order valence-corrected chi connectivity index (χ2v) is 7.17. The summed E-state index contributed by atoms with van der Waals surface area (Å²) < 4.78 is 5.49. The maximum Gasteiger partial charge on any atom is 0.254 e. The third-order valence-corrected chi connectivity index (χ3v) is 4.74. The molecule has 5 nitrogen and oxygen atoms in total. The van der Waals surface area contributed by atoms with E-state index < -0.39 is 6.04 Å². The van der Waals surface area contributed by atoms with Crippen molar-refractivity contribution in [1.29, 1.82) is 0 Å². The zero-order valence-corrected chi connectivity index (χ0v) is 16.6. The Hall–Kier alpha value is -3.15. The fraction of sp³-hybridized carbons (Fsp3) is 0.0455. The SMILES string of the molecule is O=C(NC(c1cccc(Cl)c1)c1nc(-c2ccccc2)no1)c1cccc(Cl)c1. The van der Waals surface area contributed by atoms with E-state index in [1.54, 1.807) is 42.5 Å². The van der Waals surface area contributed by atoms with E-state index in [1.807, 2.05) is 36.4 Å². The number of halogens is 2. The van der Waals surface area contributed by atoms with Crippen LogP contribution in [0.3, 0.4) is 0 Å². The van der Waals surface area contributed by atoms with Crippen molar-refractivity contribution in [3.63, 3.8) is 0 Å². The monoisotopic (exact) mass is 423 g/mol. The van der Waals surface area contributed by atoms with E-state index in [1.165, 1.54) is 0 Å². The second kappa shape index (κ2) is 8.47. The molecule has 0 aliphatic rings. The molecule has 1 N–H and O–H groups in total. The number of carbonyl (C=O) groups is 1. The number of nitrogens with one attached hydrogen (secondary N) is 1. The fourth-order valence-corrected chi connectivity index (χ4v) is 3.26. The molecule has 0 fully saturated rings. The summed E-state index contributed by atoms with van der Waals surface area (Å²) in [5.74, 6) is 0.364. The van der Waals surface area contributed by atoms with Gasteiger partial charge in [0.05, 0.1) is 0 Å². The molecule has 3 aromatic carbocycles. The summed E-state index contributed by atoms with van der Waals surface area (Å²) in [5.41, 5.74) is 1.96. The van der Waals surface area contributed by atoms with Gasteiger partial charge in [-0.15, -0.1) is 0 Å². The largest absolute Gasteiger partial charge is 0.336 e. The highest BCUT2D eigenvalue weighted by Gasteiger charge is 2.24. The molecule has 0 saturated carbocycles. The van der Waals surface area contributed by atoms with Crippen LogP contribution in [0.1, 0.15) is 27.9 Å². The lowest BCUT2D eigenvalue weighted by molar-refractivity contribution is 0.0936. The Bertz CT molecular complexity index is 1150. The van der Waals surface area contributed by atoms with Gasteiger partial charge >= 0.3 is 0 Å². The molecule has 0 radical (unpaired) electrons. The van der Waals surface area contributed by atoms with Crippen molar-refractivity contribution in [2.45, 2.75) is 6.04 Å². The quantitative estimate of drug-likeness (QED) is 0.455. The van der Waals surface area contributed by atoms with E-state index in [-0.39, 0.29) is 11.8 Å². The Kier molecular flexibility index (Phi) is 5.60. The van der Waals surface area contributed by atoms with Crippen LogP contribution in [0, 0.1) is 0 Å². The molecule has 1 heterocycles. The van der Waals surface area contributed by atoms with Gasteiger partial charge < -0.3 is 9.84 Å². The van der Waals surface area contributed by atoms with Gasteiger partial charge in [0.15, 0.2) is 0 Å². The van der Waals surface area contributed by atoms with Gasteiger partial charge in [-0.3, -0.25) is 4.79 Å². The van der Waals surface area contributed by atoms with Crippen molar-refractivity contribution in [2.24, 2.45) is 0 Å². The van der Waals surface area contributed by atoms with E-state index in [2.05, 4.69) is 15.5 Å². The van der Waals surface area contributed by atoms with Crippen LogP contribution in [0.25, 0.3) is 11.4 Å². The van der Waals surface area contributed by atoms with Gasteiger partial charge in [-0.25, -0.2) is 0 Å². The van der Waals surface area contributed by atoms with Crippen LogP contribution in [0.4, 0.5) is 0 Å². The van der Waals surface area contributed by atoms with Crippen molar-refractivity contribution >= 4 is 29.1 Å². The third-order valence-electron chi connectivity index (χ3n) is 4.26. The molecule has 4 aromatic rings. The molecule has 144 valence electrons. The molecule has 7 heteroatoms. The number of hydrogen-bond donors (Lipinski definition) is 1. The molecule has 0 aliphatic carbocycles. The highest BCUT2D eigenvalue weighted by atomic mass is 35.5. The first-order chi connectivity index (χ1) is 14.1. The maximum absolute atomic E-state index is 12.8. The lowest BCUT2D eigenvalue weighted by Gasteiger charge is -2.16. The summed E-state index contributed by atoms with van der Waals surface area (Å²) in [6.07, 6.45) is 0. The Morgan fingerprint density at radius 2 is 1.62 bits per heavy atom. The average Bonchev–Trinajstić information content (AvgIpc) is 3.22. The number of amides is 1. The summed E-state index contributed by atoms with van der Waals surface area (Å²) in [4.78, 5) is 17.3. The molecule has 1 atom stereocenters. The van der Waals surface area contributed by atoms with Crippen molar-refractivity contribution in [3.05, 3.63) is 106 Å². The Morgan fingerprint density at radius 1 is 0.897 bits per heavy atom. The molecule has 0 aliphatic heterocycles. The van der Waals surface area contributed by atoms with Gasteiger partial charge in [0.25, 0.3) is 11.8 Å². The van der Waals surface area contributed by atoms with E-state index in [0.717, 1.165) is 11.1 Å². The number of carbonyl (C=O) groups excluding carboxylic acids is 1. The predicted octanol–water partition coefficient (Wildman–Crippen LogP) is 5.56. The minimum atomic E-state index is -0.676. The van der Waals surface area contributed by atoms with Crippen molar-refractivity contribution in [1.82, 2.24) is 15.5 Å². The maximum atomic E-state index is 12.8. The highest BCUT2D eigenvalue weighted by Crippen LogP contribution is 2.26. The average molecular weight is 424 g/mol. The van der Waals surface area contributed by atoms with Crippen molar-refractivity contribution < 1.29 is 9.32 Å². The first kappa shape index (κ1) is 19.2. The van der Waals surface area contributed by atoms with Gasteiger partial charge in [0, 0.05) is 21.2 Å². The Morgan fingerprint density at radius 3 is 2.34 bits per heavy atom. The zero-order chi connectivity index (χ0) is 20.2. The molecular weight excluding hydrogens is 409 g/mol. The van der Waals surface area contributed by atoms with Gasteiger partial charge in [-0.2, -0.15) is 4.98 Å². The van der Waals surface area contributed by atoms with Crippen LogP contribution in [-0.4, -0.2) is 16.0 Å². The number of aromatic nitrogens is 2. The highest BCUT2D eigenvalue weighted by molar-refractivity contribution is 6.31. The fourth-order valence-electron chi connectivity index (χ4n) is 2.87. The predicted molar refractivity (Wildman–Crippen MR) is 112 cm³/mol. The van der Waals surface area contributed by atoms with Crippen LogP contribution in [0.2, 0.25) is 10.0 Å². The van der Waals surface area contributed by atoms with Gasteiger partial charge in [0.1, 0.15) is 6.04 Å². The molecule has 1 aromatic heterocycles. The van der Waals surface area contributed by atoms with E-state index >= 15 is 0 Å². The van der Waals surface area contributed by atoms with E-state index in [4.69, 9.17) is 27.7 Å². The molecule has 4 rings (SSSR count). The standard InChI is InChI=1S/C22H15Cl2N3O2/c23-17-10-4-8-15(12-17)19(25-21(28)16-9-5-11-18(24)13-16)22-26-20(27-29-22)14-6-2-1-3-7-14/h1-13,19H,(H,25,28). The molecule has 1 amide bonds. The first-order valence-electron chi connectivity index (χ1n) is 8.81. The van der Waals surface area contributed by atoms with Gasteiger partial charge in [-0.05, 0) is 35.9 Å². The lowest BCUT2D eigenvalue weighted by atomic mass is 10.1. The minimum Gasteiger partial charge on any atom is -0.336 e. The van der Waals surface area contributed by atoms with Gasteiger partial charge in [-0.1, -0.05) is 76.9 Å². The van der Waals surface area contributed by atoms with E-state index in [9.17, 15) is 4.79 Å². The molecule has 0 saturated heterocycles. The normalized spacial score (nSPS) is 11.8. The van der Waals surface area contributed by atoms with Crippen LogP contribution < -0.4 is 5.32 Å². The molecule has 0 spiro atoms. The van der Waals surface area contributed by atoms with E-state index in [0.29, 0.717) is 21.4 Å². The molecule has 1 unspecified atom stereocenters. The third kappa shape index (κ3) is 4.47. The summed E-state index contributed by atoms with van der Waals surface area (Å²) >= 11 is 12.2. The van der Waals surface area contributed by atoms with Crippen molar-refractivity contribution in [3.8, 4) is 11.4 Å². The summed E-state index contributed by atoms with van der Waals surface area (Å²) in [7, 11) is 0. The minimum absolute atomic E-state index is 0.251. The number of hydrogen-bond acceptors (Lipinski definition) is 4. The van der Waals surface area contributed by atoms with Crippen molar-refractivity contribution in [2.75, 3.05) is 0 Å². The smallest absolute Gasteiger partial charge is 0.254 e. The number of rotatable bonds is 5. The van der Waals surface area contributed by atoms with Crippen LogP contribution in [-0.2, 0) is 0 Å². The summed E-state index contributed by atoms with van der Waals surface area (Å²) in [6.45, 7) is 0. The van der Waals surface area contributed by atoms with Crippen LogP contribution >= 0.6 is 23.2 Å². The summed E-state index contributed by atoms with van der Waals surface area (Å²) in [5, 5.41) is 8.00. The Balaban J connectivity index is 1.70. The van der Waals surface area contributed by atoms with Gasteiger partial charge in [0.2, 0.25) is 5.82 Å². The Labute approximate surface area is 177 Å². The zero-order valence-electron chi connectivity index (χ0n) is 15.0. The van der Waals surface area contributed by atoms with Crippen LogP contribution in [0.5, 0.6) is 0 Å². The second-order valence-electron chi connectivity index (χ2n) is 6.29. The number of benzene rings is 3. The number of nitrogens with zero attached hydrogens (tertiary/aromatic N) is 2. The molecule has 0 bridgehead atoms. The molecular formula is C22H15Cl2N3O2. The lowest BCUT2D eigenvalue weighted by Crippen LogP contribution is -2.29.